The van der Waals surface area contributed by atoms with Crippen LogP contribution >= 0.6 is 0 Å². The van der Waals surface area contributed by atoms with Gasteiger partial charge in [0.1, 0.15) is 23.1 Å². The second kappa shape index (κ2) is 12.2. The summed E-state index contributed by atoms with van der Waals surface area (Å²) in [4.78, 5) is 9.88. The summed E-state index contributed by atoms with van der Waals surface area (Å²) in [5, 5.41) is 18.6. The van der Waals surface area contributed by atoms with Crippen molar-refractivity contribution in [1.82, 2.24) is 14.9 Å². The monoisotopic (exact) mass is 521 g/mol. The van der Waals surface area contributed by atoms with Crippen molar-refractivity contribution in [2.75, 3.05) is 63.6 Å². The molecular weight excluding hydrogens is 486 g/mol. The lowest BCUT2D eigenvalue weighted by Gasteiger charge is -2.28. The Labute approximate surface area is 222 Å². The van der Waals surface area contributed by atoms with Crippen LogP contribution in [0, 0.1) is 5.41 Å². The molecule has 0 aliphatic carbocycles. The molecule has 0 radical (unpaired) electrons. The minimum Gasteiger partial charge on any atom is -0.496 e. The molecule has 1 aliphatic rings. The third kappa shape index (κ3) is 6.12. The standard InChI is InChI=1S/C27H35N7O4/c1-6-18-7-8-19(15-22(18)36-4)29-17(2)30-26-24(25(28)34-11-13-38-14-12-34)32-27(33-26)31-20-9-10-21(35-3)23(16-20)37-5/h7-10,15-16,28-30H,2,6,11-14H2,1,3-5H3,(H2,31,32,33). The Morgan fingerprint density at radius 2 is 1.68 bits per heavy atom. The smallest absolute Gasteiger partial charge is 0.207 e. The number of nitrogens with zero attached hydrogens (tertiary/aromatic N) is 2. The minimum absolute atomic E-state index is 0.311. The average molecular weight is 522 g/mol. The third-order valence-corrected chi connectivity index (χ3v) is 6.15. The van der Waals surface area contributed by atoms with E-state index < -0.39 is 0 Å². The van der Waals surface area contributed by atoms with Gasteiger partial charge in [-0.3, -0.25) is 5.41 Å². The Balaban J connectivity index is 1.57. The Hall–Kier alpha value is -4.38. The molecule has 3 aromatic rings. The van der Waals surface area contributed by atoms with Crippen molar-refractivity contribution in [1.29, 1.82) is 5.41 Å². The molecule has 2 aromatic carbocycles. The Kier molecular flexibility index (Phi) is 8.59. The maximum absolute atomic E-state index is 8.87. The van der Waals surface area contributed by atoms with Gasteiger partial charge in [0.2, 0.25) is 5.95 Å². The molecule has 0 amide bonds. The second-order valence-corrected chi connectivity index (χ2v) is 8.56. The van der Waals surface area contributed by atoms with Crippen LogP contribution < -0.4 is 30.2 Å². The molecule has 1 saturated heterocycles. The van der Waals surface area contributed by atoms with Crippen LogP contribution in [0.5, 0.6) is 17.2 Å². The Morgan fingerprint density at radius 3 is 2.37 bits per heavy atom. The molecule has 0 unspecified atom stereocenters. The van der Waals surface area contributed by atoms with Crippen molar-refractivity contribution in [3.05, 3.63) is 60.1 Å². The number of aromatic nitrogens is 2. The number of ether oxygens (including phenoxy) is 4. The first-order chi connectivity index (χ1) is 18.4. The maximum Gasteiger partial charge on any atom is 0.207 e. The molecule has 0 atom stereocenters. The first-order valence-electron chi connectivity index (χ1n) is 12.4. The second-order valence-electron chi connectivity index (χ2n) is 8.56. The SMILES string of the molecule is C=C(Nc1ccc(CC)c(OC)c1)Nc1nc(Nc2ccc(OC)c(OC)c2)[nH]c1C(=N)N1CCOCC1. The number of benzene rings is 2. The van der Waals surface area contributed by atoms with Crippen LogP contribution in [0.2, 0.25) is 0 Å². The lowest BCUT2D eigenvalue weighted by Crippen LogP contribution is -2.41. The zero-order valence-corrected chi connectivity index (χ0v) is 22.2. The molecule has 0 spiro atoms. The van der Waals surface area contributed by atoms with Gasteiger partial charge in [0.05, 0.1) is 34.5 Å². The summed E-state index contributed by atoms with van der Waals surface area (Å²) in [6.45, 7) is 8.59. The van der Waals surface area contributed by atoms with Crippen LogP contribution in [-0.2, 0) is 11.2 Å². The fraction of sp³-hybridized carbons (Fsp3) is 0.333. The number of hydrogen-bond acceptors (Lipinski definition) is 9. The zero-order chi connectivity index (χ0) is 27.1. The number of rotatable bonds is 11. The molecule has 0 bridgehead atoms. The van der Waals surface area contributed by atoms with Gasteiger partial charge >= 0.3 is 0 Å². The van der Waals surface area contributed by atoms with E-state index in [1.165, 1.54) is 0 Å². The summed E-state index contributed by atoms with van der Waals surface area (Å²) in [6.07, 6.45) is 0.874. The molecule has 1 aliphatic heterocycles. The van der Waals surface area contributed by atoms with E-state index in [4.69, 9.17) is 24.4 Å². The van der Waals surface area contributed by atoms with Gasteiger partial charge in [-0.25, -0.2) is 0 Å². The van der Waals surface area contributed by atoms with Crippen LogP contribution in [0.1, 0.15) is 18.2 Å². The van der Waals surface area contributed by atoms with Gasteiger partial charge < -0.3 is 44.8 Å². The number of hydrogen-bond donors (Lipinski definition) is 5. The summed E-state index contributed by atoms with van der Waals surface area (Å²) in [5.74, 6) is 3.74. The van der Waals surface area contributed by atoms with Crippen molar-refractivity contribution in [2.24, 2.45) is 0 Å². The molecule has 4 rings (SSSR count). The number of aromatic amines is 1. The topological polar surface area (TPSA) is 129 Å². The fourth-order valence-corrected chi connectivity index (χ4v) is 4.15. The first kappa shape index (κ1) is 26.7. The van der Waals surface area contributed by atoms with Gasteiger partial charge in [-0.1, -0.05) is 19.6 Å². The van der Waals surface area contributed by atoms with Gasteiger partial charge in [-0.2, -0.15) is 4.98 Å². The van der Waals surface area contributed by atoms with E-state index in [-0.39, 0.29) is 0 Å². The van der Waals surface area contributed by atoms with E-state index in [0.29, 0.717) is 66.9 Å². The van der Waals surface area contributed by atoms with Gasteiger partial charge in [0, 0.05) is 36.6 Å². The Morgan fingerprint density at radius 1 is 1.00 bits per heavy atom. The predicted molar refractivity (Wildman–Crippen MR) is 149 cm³/mol. The average Bonchev–Trinajstić information content (AvgIpc) is 3.34. The fourth-order valence-electron chi connectivity index (χ4n) is 4.15. The molecule has 0 saturated carbocycles. The summed E-state index contributed by atoms with van der Waals surface area (Å²) in [5.41, 5.74) is 3.21. The molecule has 38 heavy (non-hydrogen) atoms. The molecular formula is C27H35N7O4. The largest absolute Gasteiger partial charge is 0.496 e. The molecule has 11 heteroatoms. The number of morpholine rings is 1. The van der Waals surface area contributed by atoms with Crippen molar-refractivity contribution in [3.8, 4) is 17.2 Å². The van der Waals surface area contributed by atoms with Gasteiger partial charge in [-0.15, -0.1) is 0 Å². The predicted octanol–water partition coefficient (Wildman–Crippen LogP) is 4.39. The lowest BCUT2D eigenvalue weighted by molar-refractivity contribution is 0.0679. The number of nitrogens with one attached hydrogen (secondary N) is 5. The van der Waals surface area contributed by atoms with Crippen LogP contribution in [0.4, 0.5) is 23.1 Å². The number of H-pyrrole nitrogens is 1. The third-order valence-electron chi connectivity index (χ3n) is 6.15. The first-order valence-corrected chi connectivity index (χ1v) is 12.4. The van der Waals surface area contributed by atoms with Crippen LogP contribution in [0.15, 0.2) is 48.8 Å². The highest BCUT2D eigenvalue weighted by atomic mass is 16.5. The number of amidine groups is 1. The number of aryl methyl sites for hydroxylation is 1. The van der Waals surface area contributed by atoms with E-state index in [9.17, 15) is 0 Å². The molecule has 11 nitrogen and oxygen atoms in total. The zero-order valence-electron chi connectivity index (χ0n) is 22.2. The summed E-state index contributed by atoms with van der Waals surface area (Å²) in [6, 6.07) is 11.4. The van der Waals surface area contributed by atoms with E-state index in [1.807, 2.05) is 41.3 Å². The van der Waals surface area contributed by atoms with Crippen LogP contribution in [-0.4, -0.2) is 68.3 Å². The highest BCUT2D eigenvalue weighted by Gasteiger charge is 2.22. The highest BCUT2D eigenvalue weighted by Crippen LogP contribution is 2.31. The van der Waals surface area contributed by atoms with Gasteiger partial charge in [0.15, 0.2) is 17.3 Å². The van der Waals surface area contributed by atoms with E-state index in [2.05, 4.69) is 39.4 Å². The molecule has 1 fully saturated rings. The van der Waals surface area contributed by atoms with Gasteiger partial charge in [-0.05, 0) is 30.2 Å². The summed E-state index contributed by atoms with van der Waals surface area (Å²) < 4.78 is 21.7. The summed E-state index contributed by atoms with van der Waals surface area (Å²) >= 11 is 0. The number of imidazole rings is 1. The van der Waals surface area contributed by atoms with Crippen molar-refractivity contribution >= 4 is 29.0 Å². The summed E-state index contributed by atoms with van der Waals surface area (Å²) in [7, 11) is 4.84. The molecule has 202 valence electrons. The van der Waals surface area contributed by atoms with Crippen molar-refractivity contribution in [2.45, 2.75) is 13.3 Å². The quantitative estimate of drug-likeness (QED) is 0.184. The minimum atomic E-state index is 0.311. The van der Waals surface area contributed by atoms with Crippen LogP contribution in [0.3, 0.4) is 0 Å². The van der Waals surface area contributed by atoms with Gasteiger partial charge in [0.25, 0.3) is 0 Å². The number of methoxy groups -OCH3 is 3. The molecule has 1 aromatic heterocycles. The molecule has 5 N–H and O–H groups in total. The molecule has 2 heterocycles. The van der Waals surface area contributed by atoms with E-state index in [1.54, 1.807) is 21.3 Å². The normalized spacial score (nSPS) is 13.0. The van der Waals surface area contributed by atoms with E-state index in [0.717, 1.165) is 29.1 Å². The van der Waals surface area contributed by atoms with Crippen LogP contribution in [0.25, 0.3) is 0 Å². The van der Waals surface area contributed by atoms with Crippen molar-refractivity contribution in [3.63, 3.8) is 0 Å². The van der Waals surface area contributed by atoms with Crippen molar-refractivity contribution < 1.29 is 18.9 Å². The lowest BCUT2D eigenvalue weighted by atomic mass is 10.1. The number of anilines is 4. The van der Waals surface area contributed by atoms with E-state index >= 15 is 0 Å². The maximum atomic E-state index is 8.87. The Bertz CT molecular complexity index is 1280. The highest BCUT2D eigenvalue weighted by molar-refractivity contribution is 6.00.